The average molecular weight is 248 g/mol. The standard InChI is InChI=1S/C14H20N2O2/c1-2-12-5-6-13(18-12)14(17)16-10-3-4-11(16)8-9(15)7-10/h5-6,9-11H,2-4,7-8,15H2,1H3. The van der Waals surface area contributed by atoms with Crippen LogP contribution >= 0.6 is 0 Å². The number of hydrogen-bond donors (Lipinski definition) is 1. The van der Waals surface area contributed by atoms with Crippen molar-refractivity contribution in [1.82, 2.24) is 4.90 Å². The molecule has 98 valence electrons. The summed E-state index contributed by atoms with van der Waals surface area (Å²) >= 11 is 0. The number of carbonyl (C=O) groups is 1. The molecule has 3 rings (SSSR count). The van der Waals surface area contributed by atoms with Gasteiger partial charge in [-0.15, -0.1) is 0 Å². The Morgan fingerprint density at radius 1 is 1.39 bits per heavy atom. The first-order valence-electron chi connectivity index (χ1n) is 6.86. The number of amides is 1. The highest BCUT2D eigenvalue weighted by Gasteiger charge is 2.43. The molecule has 2 unspecified atom stereocenters. The molecule has 18 heavy (non-hydrogen) atoms. The molecular weight excluding hydrogens is 228 g/mol. The van der Waals surface area contributed by atoms with Gasteiger partial charge in [-0.05, 0) is 37.8 Å². The van der Waals surface area contributed by atoms with Gasteiger partial charge in [-0.2, -0.15) is 0 Å². The lowest BCUT2D eigenvalue weighted by molar-refractivity contribution is 0.0541. The van der Waals surface area contributed by atoms with E-state index >= 15 is 0 Å². The number of piperidine rings is 1. The fourth-order valence-electron chi connectivity index (χ4n) is 3.36. The van der Waals surface area contributed by atoms with Crippen molar-refractivity contribution in [2.75, 3.05) is 0 Å². The minimum atomic E-state index is 0.0501. The van der Waals surface area contributed by atoms with Crippen LogP contribution in [0.4, 0.5) is 0 Å². The summed E-state index contributed by atoms with van der Waals surface area (Å²) in [5.74, 6) is 1.41. The van der Waals surface area contributed by atoms with Crippen molar-refractivity contribution in [3.8, 4) is 0 Å². The third-order valence-electron chi connectivity index (χ3n) is 4.22. The topological polar surface area (TPSA) is 59.5 Å². The van der Waals surface area contributed by atoms with Gasteiger partial charge in [-0.25, -0.2) is 0 Å². The Bertz CT molecular complexity index is 440. The molecule has 0 aliphatic carbocycles. The maximum absolute atomic E-state index is 12.5. The van der Waals surface area contributed by atoms with Crippen molar-refractivity contribution < 1.29 is 9.21 Å². The molecular formula is C14H20N2O2. The third kappa shape index (κ3) is 1.85. The quantitative estimate of drug-likeness (QED) is 0.870. The van der Waals surface area contributed by atoms with E-state index in [1.807, 2.05) is 17.9 Å². The highest BCUT2D eigenvalue weighted by atomic mass is 16.4. The number of rotatable bonds is 2. The van der Waals surface area contributed by atoms with Crippen LogP contribution in [-0.4, -0.2) is 28.9 Å². The van der Waals surface area contributed by atoms with Crippen LogP contribution in [0.3, 0.4) is 0 Å². The first-order chi connectivity index (χ1) is 8.69. The second-order valence-electron chi connectivity index (χ2n) is 5.45. The van der Waals surface area contributed by atoms with Crippen molar-refractivity contribution in [3.05, 3.63) is 23.7 Å². The number of hydrogen-bond acceptors (Lipinski definition) is 3. The molecule has 1 aromatic heterocycles. The summed E-state index contributed by atoms with van der Waals surface area (Å²) in [4.78, 5) is 14.5. The first kappa shape index (κ1) is 11.8. The second kappa shape index (κ2) is 4.43. The molecule has 4 nitrogen and oxygen atoms in total. The lowest BCUT2D eigenvalue weighted by atomic mass is 9.98. The van der Waals surface area contributed by atoms with Gasteiger partial charge < -0.3 is 15.1 Å². The van der Waals surface area contributed by atoms with Gasteiger partial charge in [0.05, 0.1) is 0 Å². The van der Waals surface area contributed by atoms with E-state index in [-0.39, 0.29) is 11.9 Å². The Hall–Kier alpha value is -1.29. The summed E-state index contributed by atoms with van der Waals surface area (Å²) in [7, 11) is 0. The van der Waals surface area contributed by atoms with Crippen LogP contribution in [-0.2, 0) is 6.42 Å². The van der Waals surface area contributed by atoms with Gasteiger partial charge in [0, 0.05) is 24.5 Å². The Labute approximate surface area is 107 Å². The molecule has 1 aromatic rings. The summed E-state index contributed by atoms with van der Waals surface area (Å²) < 4.78 is 5.58. The number of furan rings is 1. The van der Waals surface area contributed by atoms with Crippen LogP contribution in [0.15, 0.2) is 16.5 Å². The number of aryl methyl sites for hydroxylation is 1. The minimum absolute atomic E-state index is 0.0501. The van der Waals surface area contributed by atoms with Crippen molar-refractivity contribution in [2.24, 2.45) is 5.73 Å². The van der Waals surface area contributed by atoms with Crippen LogP contribution < -0.4 is 5.73 Å². The molecule has 2 N–H and O–H groups in total. The van der Waals surface area contributed by atoms with Crippen molar-refractivity contribution >= 4 is 5.91 Å². The maximum atomic E-state index is 12.5. The average Bonchev–Trinajstić information content (AvgIpc) is 2.92. The Balaban J connectivity index is 1.81. The maximum Gasteiger partial charge on any atom is 0.290 e. The summed E-state index contributed by atoms with van der Waals surface area (Å²) in [6, 6.07) is 4.59. The fraction of sp³-hybridized carbons (Fsp3) is 0.643. The summed E-state index contributed by atoms with van der Waals surface area (Å²) in [6.45, 7) is 2.02. The Morgan fingerprint density at radius 3 is 2.61 bits per heavy atom. The molecule has 2 fully saturated rings. The van der Waals surface area contributed by atoms with Crippen LogP contribution in [0.5, 0.6) is 0 Å². The monoisotopic (exact) mass is 248 g/mol. The van der Waals surface area contributed by atoms with Crippen molar-refractivity contribution in [3.63, 3.8) is 0 Å². The summed E-state index contributed by atoms with van der Waals surface area (Å²) in [5.41, 5.74) is 6.02. The number of carbonyl (C=O) groups excluding carboxylic acids is 1. The molecule has 4 heteroatoms. The van der Waals surface area contributed by atoms with Crippen LogP contribution in [0.25, 0.3) is 0 Å². The molecule has 0 saturated carbocycles. The molecule has 2 aliphatic rings. The van der Waals surface area contributed by atoms with Gasteiger partial charge in [0.15, 0.2) is 5.76 Å². The third-order valence-corrected chi connectivity index (χ3v) is 4.22. The zero-order chi connectivity index (χ0) is 12.7. The van der Waals surface area contributed by atoms with E-state index in [0.29, 0.717) is 17.8 Å². The molecule has 2 saturated heterocycles. The van der Waals surface area contributed by atoms with Gasteiger partial charge in [-0.1, -0.05) is 6.92 Å². The second-order valence-corrected chi connectivity index (χ2v) is 5.45. The molecule has 1 amide bonds. The molecule has 2 bridgehead atoms. The van der Waals surface area contributed by atoms with Gasteiger partial charge in [0.25, 0.3) is 5.91 Å². The molecule has 0 aromatic carbocycles. The van der Waals surface area contributed by atoms with Gasteiger partial charge in [0.1, 0.15) is 5.76 Å². The summed E-state index contributed by atoms with van der Waals surface area (Å²) in [6.07, 6.45) is 4.87. The van der Waals surface area contributed by atoms with E-state index in [4.69, 9.17) is 10.2 Å². The lowest BCUT2D eigenvalue weighted by Crippen LogP contribution is -2.50. The van der Waals surface area contributed by atoms with Crippen molar-refractivity contribution in [2.45, 2.75) is 57.2 Å². The largest absolute Gasteiger partial charge is 0.456 e. The van der Waals surface area contributed by atoms with Gasteiger partial charge >= 0.3 is 0 Å². The van der Waals surface area contributed by atoms with Gasteiger partial charge in [-0.3, -0.25) is 4.79 Å². The minimum Gasteiger partial charge on any atom is -0.456 e. The molecule has 0 radical (unpaired) electrons. The molecule has 2 atom stereocenters. The van der Waals surface area contributed by atoms with Crippen LogP contribution in [0.2, 0.25) is 0 Å². The van der Waals surface area contributed by atoms with E-state index in [9.17, 15) is 4.79 Å². The van der Waals surface area contributed by atoms with E-state index in [1.165, 1.54) is 0 Å². The number of nitrogens with zero attached hydrogens (tertiary/aromatic N) is 1. The zero-order valence-electron chi connectivity index (χ0n) is 10.8. The van der Waals surface area contributed by atoms with Crippen LogP contribution in [0, 0.1) is 0 Å². The number of fused-ring (bicyclic) bond motifs is 2. The van der Waals surface area contributed by atoms with Gasteiger partial charge in [0.2, 0.25) is 0 Å². The van der Waals surface area contributed by atoms with E-state index in [1.54, 1.807) is 6.07 Å². The number of nitrogens with two attached hydrogens (primary N) is 1. The van der Waals surface area contributed by atoms with Crippen LogP contribution in [0.1, 0.15) is 48.9 Å². The van der Waals surface area contributed by atoms with E-state index in [0.717, 1.165) is 37.9 Å². The highest BCUT2D eigenvalue weighted by Crippen LogP contribution is 2.36. The smallest absolute Gasteiger partial charge is 0.290 e. The van der Waals surface area contributed by atoms with E-state index in [2.05, 4.69) is 0 Å². The molecule has 0 spiro atoms. The molecule has 3 heterocycles. The Kier molecular flexibility index (Phi) is 2.90. The SMILES string of the molecule is CCc1ccc(C(=O)N2C3CCC2CC(N)C3)o1. The van der Waals surface area contributed by atoms with Crippen molar-refractivity contribution in [1.29, 1.82) is 0 Å². The Morgan fingerprint density at radius 2 is 2.06 bits per heavy atom. The lowest BCUT2D eigenvalue weighted by Gasteiger charge is -2.37. The summed E-state index contributed by atoms with van der Waals surface area (Å²) in [5, 5.41) is 0. The highest BCUT2D eigenvalue weighted by molar-refractivity contribution is 5.92. The predicted octanol–water partition coefficient (Wildman–Crippen LogP) is 1.94. The van der Waals surface area contributed by atoms with E-state index < -0.39 is 0 Å². The zero-order valence-corrected chi connectivity index (χ0v) is 10.8. The fourth-order valence-corrected chi connectivity index (χ4v) is 3.36. The normalized spacial score (nSPS) is 30.8. The molecule has 2 aliphatic heterocycles. The first-order valence-corrected chi connectivity index (χ1v) is 6.86. The predicted molar refractivity (Wildman–Crippen MR) is 68.3 cm³/mol.